The van der Waals surface area contributed by atoms with E-state index in [1.807, 2.05) is 6.92 Å². The van der Waals surface area contributed by atoms with Crippen LogP contribution in [0.2, 0.25) is 0 Å². The van der Waals surface area contributed by atoms with Crippen LogP contribution in [-0.2, 0) is 9.47 Å². The minimum atomic E-state index is 0.488. The van der Waals surface area contributed by atoms with Gasteiger partial charge in [-0.3, -0.25) is 0 Å². The summed E-state index contributed by atoms with van der Waals surface area (Å²) in [4.78, 5) is 0. The van der Waals surface area contributed by atoms with E-state index in [1.54, 1.807) is 0 Å². The van der Waals surface area contributed by atoms with E-state index in [4.69, 9.17) is 9.47 Å². The van der Waals surface area contributed by atoms with E-state index in [9.17, 15) is 0 Å². The molecule has 0 heterocycles. The molecule has 94 valence electrons. The van der Waals surface area contributed by atoms with E-state index in [1.165, 1.54) is 25.7 Å². The summed E-state index contributed by atoms with van der Waals surface area (Å²) in [5.41, 5.74) is 0.488. The van der Waals surface area contributed by atoms with Crippen molar-refractivity contribution in [3.63, 3.8) is 0 Å². The van der Waals surface area contributed by atoms with Crippen molar-refractivity contribution in [3.8, 4) is 0 Å². The summed E-state index contributed by atoms with van der Waals surface area (Å²) >= 11 is 0. The van der Waals surface area contributed by atoms with Crippen molar-refractivity contribution in [2.24, 2.45) is 5.41 Å². The normalized spacial score (nSPS) is 31.1. The molecule has 2 unspecified atom stereocenters. The SMILES string of the molecule is CCOCCNC1CC(OCC)C12CCC2. The fourth-order valence-corrected chi connectivity index (χ4v) is 3.17. The zero-order valence-corrected chi connectivity index (χ0v) is 10.6. The Morgan fingerprint density at radius 1 is 1.25 bits per heavy atom. The largest absolute Gasteiger partial charge is 0.380 e. The molecule has 0 bridgehead atoms. The summed E-state index contributed by atoms with van der Waals surface area (Å²) in [5, 5.41) is 3.63. The lowest BCUT2D eigenvalue weighted by Gasteiger charge is -2.61. The molecule has 1 N–H and O–H groups in total. The molecular weight excluding hydrogens is 202 g/mol. The van der Waals surface area contributed by atoms with Gasteiger partial charge in [-0.1, -0.05) is 6.42 Å². The van der Waals surface area contributed by atoms with E-state index >= 15 is 0 Å². The fraction of sp³-hybridized carbons (Fsp3) is 1.00. The quantitative estimate of drug-likeness (QED) is 0.674. The van der Waals surface area contributed by atoms with Crippen LogP contribution in [0, 0.1) is 5.41 Å². The van der Waals surface area contributed by atoms with E-state index in [-0.39, 0.29) is 0 Å². The van der Waals surface area contributed by atoms with Crippen molar-refractivity contribution in [1.82, 2.24) is 5.32 Å². The molecule has 2 rings (SSSR count). The molecule has 0 aliphatic heterocycles. The van der Waals surface area contributed by atoms with Gasteiger partial charge in [0.1, 0.15) is 0 Å². The van der Waals surface area contributed by atoms with Crippen molar-refractivity contribution in [3.05, 3.63) is 0 Å². The molecule has 16 heavy (non-hydrogen) atoms. The van der Waals surface area contributed by atoms with Crippen LogP contribution in [0.25, 0.3) is 0 Å². The highest BCUT2D eigenvalue weighted by atomic mass is 16.5. The molecule has 1 spiro atoms. The van der Waals surface area contributed by atoms with Crippen molar-refractivity contribution in [1.29, 1.82) is 0 Å². The fourth-order valence-electron chi connectivity index (χ4n) is 3.17. The lowest BCUT2D eigenvalue weighted by Crippen LogP contribution is -2.67. The molecular formula is C13H25NO2. The number of nitrogens with one attached hydrogen (secondary N) is 1. The molecule has 0 aromatic rings. The van der Waals surface area contributed by atoms with Gasteiger partial charge in [0.15, 0.2) is 0 Å². The second-order valence-electron chi connectivity index (χ2n) is 4.97. The summed E-state index contributed by atoms with van der Waals surface area (Å²) in [7, 11) is 0. The van der Waals surface area contributed by atoms with Gasteiger partial charge in [-0.05, 0) is 33.1 Å². The average molecular weight is 227 g/mol. The van der Waals surface area contributed by atoms with E-state index in [2.05, 4.69) is 12.2 Å². The first kappa shape index (κ1) is 12.3. The highest BCUT2D eigenvalue weighted by Gasteiger charge is 2.58. The van der Waals surface area contributed by atoms with Gasteiger partial charge in [-0.15, -0.1) is 0 Å². The lowest BCUT2D eigenvalue weighted by atomic mass is 9.51. The first-order valence-electron chi connectivity index (χ1n) is 6.76. The zero-order valence-electron chi connectivity index (χ0n) is 10.6. The Balaban J connectivity index is 1.71. The maximum Gasteiger partial charge on any atom is 0.0661 e. The third-order valence-electron chi connectivity index (χ3n) is 4.28. The summed E-state index contributed by atoms with van der Waals surface area (Å²) in [6, 6.07) is 0.679. The molecule has 0 aromatic heterocycles. The Kier molecular flexibility index (Phi) is 4.22. The Morgan fingerprint density at radius 3 is 2.62 bits per heavy atom. The third kappa shape index (κ3) is 2.13. The van der Waals surface area contributed by atoms with Crippen LogP contribution in [0.3, 0.4) is 0 Å². The molecule has 0 radical (unpaired) electrons. The molecule has 2 atom stereocenters. The smallest absolute Gasteiger partial charge is 0.0661 e. The van der Waals surface area contributed by atoms with Crippen LogP contribution in [0.4, 0.5) is 0 Å². The van der Waals surface area contributed by atoms with Gasteiger partial charge in [0.2, 0.25) is 0 Å². The van der Waals surface area contributed by atoms with Gasteiger partial charge in [-0.2, -0.15) is 0 Å². The van der Waals surface area contributed by atoms with E-state index in [0.29, 0.717) is 17.6 Å². The predicted molar refractivity (Wildman–Crippen MR) is 64.6 cm³/mol. The van der Waals surface area contributed by atoms with Crippen LogP contribution < -0.4 is 5.32 Å². The average Bonchev–Trinajstić information content (AvgIpc) is 2.18. The predicted octanol–water partition coefficient (Wildman–Crippen LogP) is 1.96. The maximum absolute atomic E-state index is 5.82. The van der Waals surface area contributed by atoms with Gasteiger partial charge >= 0.3 is 0 Å². The molecule has 2 aliphatic carbocycles. The number of rotatable bonds is 7. The molecule has 3 nitrogen and oxygen atoms in total. The highest BCUT2D eigenvalue weighted by molar-refractivity contribution is 5.11. The summed E-state index contributed by atoms with van der Waals surface area (Å²) in [5.74, 6) is 0. The number of hydrogen-bond acceptors (Lipinski definition) is 3. The second kappa shape index (κ2) is 5.48. The second-order valence-corrected chi connectivity index (χ2v) is 4.97. The summed E-state index contributed by atoms with van der Waals surface area (Å²) < 4.78 is 11.2. The molecule has 0 amide bonds. The summed E-state index contributed by atoms with van der Waals surface area (Å²) in [6.45, 7) is 7.64. The first-order chi connectivity index (χ1) is 7.83. The Hall–Kier alpha value is -0.120. The molecule has 3 heteroatoms. The minimum absolute atomic E-state index is 0.488. The number of ether oxygens (including phenoxy) is 2. The third-order valence-corrected chi connectivity index (χ3v) is 4.28. The molecule has 0 aromatic carbocycles. The molecule has 2 aliphatic rings. The van der Waals surface area contributed by atoms with Crippen LogP contribution in [0.1, 0.15) is 39.5 Å². The Morgan fingerprint density at radius 2 is 2.06 bits per heavy atom. The van der Waals surface area contributed by atoms with E-state index in [0.717, 1.165) is 26.4 Å². The van der Waals surface area contributed by atoms with Gasteiger partial charge < -0.3 is 14.8 Å². The molecule has 2 fully saturated rings. The van der Waals surface area contributed by atoms with Crippen molar-refractivity contribution < 1.29 is 9.47 Å². The lowest BCUT2D eigenvalue weighted by molar-refractivity contribution is -0.173. The molecule has 0 saturated heterocycles. The standard InChI is InChI=1S/C13H25NO2/c1-3-15-9-8-14-11-10-12(16-4-2)13(11)6-5-7-13/h11-12,14H,3-10H2,1-2H3. The first-order valence-corrected chi connectivity index (χ1v) is 6.76. The zero-order chi connectivity index (χ0) is 11.4. The van der Waals surface area contributed by atoms with Crippen LogP contribution in [0.5, 0.6) is 0 Å². The maximum atomic E-state index is 5.82. The van der Waals surface area contributed by atoms with Gasteiger partial charge in [0.05, 0.1) is 12.7 Å². The molecule has 2 saturated carbocycles. The van der Waals surface area contributed by atoms with Crippen LogP contribution in [-0.4, -0.2) is 38.5 Å². The minimum Gasteiger partial charge on any atom is -0.380 e. The van der Waals surface area contributed by atoms with Crippen LogP contribution in [0.15, 0.2) is 0 Å². The van der Waals surface area contributed by atoms with Crippen molar-refractivity contribution in [2.45, 2.75) is 51.7 Å². The van der Waals surface area contributed by atoms with Gasteiger partial charge in [0.25, 0.3) is 0 Å². The highest BCUT2D eigenvalue weighted by Crippen LogP contribution is 2.57. The monoisotopic (exact) mass is 227 g/mol. The van der Waals surface area contributed by atoms with Gasteiger partial charge in [0, 0.05) is 31.2 Å². The number of hydrogen-bond donors (Lipinski definition) is 1. The topological polar surface area (TPSA) is 30.5 Å². The van der Waals surface area contributed by atoms with Crippen LogP contribution >= 0.6 is 0 Å². The van der Waals surface area contributed by atoms with Crippen molar-refractivity contribution >= 4 is 0 Å². The van der Waals surface area contributed by atoms with Gasteiger partial charge in [-0.25, -0.2) is 0 Å². The Labute approximate surface area is 98.9 Å². The Bertz CT molecular complexity index is 216. The van der Waals surface area contributed by atoms with E-state index < -0.39 is 0 Å². The summed E-state index contributed by atoms with van der Waals surface area (Å²) in [6.07, 6.45) is 5.80. The van der Waals surface area contributed by atoms with Crippen molar-refractivity contribution in [2.75, 3.05) is 26.4 Å².